The van der Waals surface area contributed by atoms with E-state index in [-0.39, 0.29) is 5.82 Å². The molecule has 1 heterocycles. The predicted molar refractivity (Wildman–Crippen MR) is 56.4 cm³/mol. The lowest BCUT2D eigenvalue weighted by Gasteiger charge is -1.98. The van der Waals surface area contributed by atoms with E-state index in [1.54, 1.807) is 16.8 Å². The summed E-state index contributed by atoms with van der Waals surface area (Å²) in [6.45, 7) is 1.06. The molecule has 0 aliphatic heterocycles. The molecule has 0 fully saturated rings. The molecule has 2 N–H and O–H groups in total. The van der Waals surface area contributed by atoms with Crippen molar-refractivity contribution in [3.8, 4) is 0 Å². The summed E-state index contributed by atoms with van der Waals surface area (Å²) in [6.07, 6.45) is 0. The summed E-state index contributed by atoms with van der Waals surface area (Å²) < 4.78 is 15.7. The van der Waals surface area contributed by atoms with Gasteiger partial charge in [-0.1, -0.05) is 6.07 Å². The van der Waals surface area contributed by atoms with Gasteiger partial charge in [0, 0.05) is 6.54 Å². The van der Waals surface area contributed by atoms with Crippen molar-refractivity contribution < 1.29 is 4.39 Å². The summed E-state index contributed by atoms with van der Waals surface area (Å²) in [7, 11) is 0. The molecule has 0 spiro atoms. The van der Waals surface area contributed by atoms with E-state index < -0.39 is 0 Å². The van der Waals surface area contributed by atoms with Gasteiger partial charge in [0.25, 0.3) is 0 Å². The molecule has 2 rings (SSSR count). The summed E-state index contributed by atoms with van der Waals surface area (Å²) in [5, 5.41) is 4.73. The third-order valence-electron chi connectivity index (χ3n) is 1.99. The highest BCUT2D eigenvalue weighted by Gasteiger charge is 2.11. The van der Waals surface area contributed by atoms with Crippen molar-refractivity contribution in [1.82, 2.24) is 9.78 Å². The average molecular weight is 258 g/mol. The minimum absolute atomic E-state index is 0.266. The zero-order chi connectivity index (χ0) is 10.1. The fourth-order valence-electron chi connectivity index (χ4n) is 1.37. The summed E-state index contributed by atoms with van der Waals surface area (Å²) in [6, 6.07) is 4.83. The lowest BCUT2D eigenvalue weighted by molar-refractivity contribution is 0.615. The van der Waals surface area contributed by atoms with Gasteiger partial charge in [0.2, 0.25) is 0 Å². The fraction of sp³-hybridized carbons (Fsp3) is 0.222. The molecule has 1 aromatic heterocycles. The summed E-state index contributed by atoms with van der Waals surface area (Å²) in [4.78, 5) is 0. The van der Waals surface area contributed by atoms with Crippen LogP contribution in [0.3, 0.4) is 0 Å². The SMILES string of the molecule is NCCn1nc2cccc(F)c2c1Br. The molecule has 3 nitrogen and oxygen atoms in total. The third-order valence-corrected chi connectivity index (χ3v) is 2.80. The Morgan fingerprint density at radius 3 is 2.93 bits per heavy atom. The third kappa shape index (κ3) is 1.42. The highest BCUT2D eigenvalue weighted by molar-refractivity contribution is 9.10. The van der Waals surface area contributed by atoms with E-state index in [2.05, 4.69) is 21.0 Å². The smallest absolute Gasteiger partial charge is 0.135 e. The highest BCUT2D eigenvalue weighted by atomic mass is 79.9. The van der Waals surface area contributed by atoms with Crippen LogP contribution in [0, 0.1) is 5.82 Å². The second-order valence-corrected chi connectivity index (χ2v) is 3.69. The van der Waals surface area contributed by atoms with E-state index in [0.717, 1.165) is 0 Å². The van der Waals surface area contributed by atoms with Gasteiger partial charge < -0.3 is 5.73 Å². The van der Waals surface area contributed by atoms with Gasteiger partial charge in [-0.15, -0.1) is 0 Å². The van der Waals surface area contributed by atoms with Gasteiger partial charge in [0.05, 0.1) is 17.4 Å². The van der Waals surface area contributed by atoms with Gasteiger partial charge >= 0.3 is 0 Å². The maximum Gasteiger partial charge on any atom is 0.135 e. The van der Waals surface area contributed by atoms with Crippen LogP contribution < -0.4 is 5.73 Å². The quantitative estimate of drug-likeness (QED) is 0.893. The van der Waals surface area contributed by atoms with Crippen LogP contribution in [0.2, 0.25) is 0 Å². The van der Waals surface area contributed by atoms with E-state index >= 15 is 0 Å². The number of halogens is 2. The first-order valence-electron chi connectivity index (χ1n) is 4.24. The minimum atomic E-state index is -0.266. The van der Waals surface area contributed by atoms with Gasteiger partial charge in [-0.2, -0.15) is 5.10 Å². The van der Waals surface area contributed by atoms with Crippen LogP contribution in [-0.2, 0) is 6.54 Å². The highest BCUT2D eigenvalue weighted by Crippen LogP contribution is 2.25. The van der Waals surface area contributed by atoms with Crippen LogP contribution in [0.15, 0.2) is 22.8 Å². The van der Waals surface area contributed by atoms with Crippen molar-refractivity contribution in [3.63, 3.8) is 0 Å². The second-order valence-electron chi connectivity index (χ2n) is 2.94. The molecule has 0 amide bonds. The van der Waals surface area contributed by atoms with Crippen LogP contribution in [0.25, 0.3) is 10.9 Å². The number of fused-ring (bicyclic) bond motifs is 1. The number of aromatic nitrogens is 2. The lowest BCUT2D eigenvalue weighted by Crippen LogP contribution is -2.10. The largest absolute Gasteiger partial charge is 0.329 e. The number of benzene rings is 1. The van der Waals surface area contributed by atoms with Crippen LogP contribution in [0.5, 0.6) is 0 Å². The van der Waals surface area contributed by atoms with Crippen molar-refractivity contribution in [3.05, 3.63) is 28.6 Å². The van der Waals surface area contributed by atoms with Gasteiger partial charge in [-0.05, 0) is 28.1 Å². The molecule has 2 aromatic rings. The molecule has 0 aliphatic carbocycles. The van der Waals surface area contributed by atoms with Crippen LogP contribution in [-0.4, -0.2) is 16.3 Å². The van der Waals surface area contributed by atoms with Crippen LogP contribution in [0.1, 0.15) is 0 Å². The molecule has 0 saturated heterocycles. The van der Waals surface area contributed by atoms with E-state index in [4.69, 9.17) is 5.73 Å². The average Bonchev–Trinajstić information content (AvgIpc) is 2.46. The molecular weight excluding hydrogens is 249 g/mol. The van der Waals surface area contributed by atoms with Crippen LogP contribution in [0.4, 0.5) is 4.39 Å². The number of hydrogen-bond donors (Lipinski definition) is 1. The Kier molecular flexibility index (Phi) is 2.52. The zero-order valence-electron chi connectivity index (χ0n) is 7.37. The van der Waals surface area contributed by atoms with Gasteiger partial charge in [0.15, 0.2) is 0 Å². The minimum Gasteiger partial charge on any atom is -0.329 e. The summed E-state index contributed by atoms with van der Waals surface area (Å²) in [5.41, 5.74) is 6.06. The van der Waals surface area contributed by atoms with Gasteiger partial charge in [-0.3, -0.25) is 4.68 Å². The number of nitrogens with two attached hydrogens (primary N) is 1. The Morgan fingerprint density at radius 2 is 2.29 bits per heavy atom. The van der Waals surface area contributed by atoms with E-state index in [1.807, 2.05) is 0 Å². The predicted octanol–water partition coefficient (Wildman–Crippen LogP) is 1.90. The topological polar surface area (TPSA) is 43.8 Å². The Morgan fingerprint density at radius 1 is 1.50 bits per heavy atom. The number of rotatable bonds is 2. The van der Waals surface area contributed by atoms with Gasteiger partial charge in [0.1, 0.15) is 10.4 Å². The molecule has 14 heavy (non-hydrogen) atoms. The van der Waals surface area contributed by atoms with E-state index in [9.17, 15) is 4.39 Å². The Hall–Kier alpha value is -0.940. The molecule has 0 radical (unpaired) electrons. The Bertz CT molecular complexity index is 466. The molecule has 0 atom stereocenters. The molecule has 5 heteroatoms. The molecular formula is C9H9BrFN3. The Labute approximate surface area is 88.8 Å². The molecule has 0 saturated carbocycles. The van der Waals surface area contributed by atoms with Crippen molar-refractivity contribution in [2.45, 2.75) is 6.54 Å². The first-order valence-corrected chi connectivity index (χ1v) is 5.04. The molecule has 1 aromatic carbocycles. The van der Waals surface area contributed by atoms with Crippen molar-refractivity contribution >= 4 is 26.8 Å². The van der Waals surface area contributed by atoms with Gasteiger partial charge in [-0.25, -0.2) is 4.39 Å². The van der Waals surface area contributed by atoms with Crippen LogP contribution >= 0.6 is 15.9 Å². The summed E-state index contributed by atoms with van der Waals surface area (Å²) in [5.74, 6) is -0.266. The number of hydrogen-bond acceptors (Lipinski definition) is 2. The molecule has 0 unspecified atom stereocenters. The maximum absolute atomic E-state index is 13.4. The number of nitrogens with zero attached hydrogens (tertiary/aromatic N) is 2. The maximum atomic E-state index is 13.4. The van der Waals surface area contributed by atoms with Crippen molar-refractivity contribution in [2.24, 2.45) is 5.73 Å². The first kappa shape index (κ1) is 9.61. The standard InChI is InChI=1S/C9H9BrFN3/c10-9-8-6(11)2-1-3-7(8)13-14(9)5-4-12/h1-3H,4-5,12H2. The summed E-state index contributed by atoms with van der Waals surface area (Å²) >= 11 is 3.31. The molecule has 0 aliphatic rings. The Balaban J connectivity index is 2.68. The molecule has 0 bridgehead atoms. The van der Waals surface area contributed by atoms with E-state index in [1.165, 1.54) is 6.07 Å². The van der Waals surface area contributed by atoms with Crippen molar-refractivity contribution in [2.75, 3.05) is 6.54 Å². The second kappa shape index (κ2) is 3.67. The lowest BCUT2D eigenvalue weighted by atomic mass is 10.2. The molecule has 74 valence electrons. The fourth-order valence-corrected chi connectivity index (χ4v) is 2.02. The normalized spacial score (nSPS) is 11.1. The zero-order valence-corrected chi connectivity index (χ0v) is 8.96. The first-order chi connectivity index (χ1) is 6.74. The van der Waals surface area contributed by atoms with Crippen molar-refractivity contribution in [1.29, 1.82) is 0 Å². The monoisotopic (exact) mass is 257 g/mol. The van der Waals surface area contributed by atoms with E-state index in [0.29, 0.717) is 28.6 Å².